The summed E-state index contributed by atoms with van der Waals surface area (Å²) >= 11 is 0. The highest BCUT2D eigenvalue weighted by Crippen LogP contribution is 2.27. The first-order valence-corrected chi connectivity index (χ1v) is 8.31. The second kappa shape index (κ2) is 6.87. The van der Waals surface area contributed by atoms with Crippen LogP contribution in [0.4, 0.5) is 5.69 Å². The number of rotatable bonds is 5. The number of nitrogens with one attached hydrogen (secondary N) is 1. The molecule has 0 radical (unpaired) electrons. The Morgan fingerprint density at radius 2 is 1.75 bits per heavy atom. The van der Waals surface area contributed by atoms with Crippen LogP contribution in [0, 0.1) is 5.92 Å². The van der Waals surface area contributed by atoms with E-state index in [4.69, 9.17) is 0 Å². The number of para-hydroxylation sites is 1. The fourth-order valence-corrected chi connectivity index (χ4v) is 3.10. The minimum Gasteiger partial charge on any atom is -0.324 e. The molecule has 0 aliphatic carbocycles. The summed E-state index contributed by atoms with van der Waals surface area (Å²) < 4.78 is 0. The van der Waals surface area contributed by atoms with Crippen LogP contribution in [0.3, 0.4) is 0 Å². The van der Waals surface area contributed by atoms with E-state index in [1.807, 2.05) is 54.6 Å². The third kappa shape index (κ3) is 3.32. The molecule has 4 nitrogen and oxygen atoms in total. The predicted molar refractivity (Wildman–Crippen MR) is 94.6 cm³/mol. The molecule has 2 aromatic carbocycles. The number of hydrogen-bond donors (Lipinski definition) is 1. The zero-order chi connectivity index (χ0) is 17.1. The third-order valence-corrected chi connectivity index (χ3v) is 4.26. The molecule has 3 rings (SSSR count). The summed E-state index contributed by atoms with van der Waals surface area (Å²) in [5, 5.41) is 2.94. The molecule has 2 amide bonds. The van der Waals surface area contributed by atoms with Crippen LogP contribution < -0.4 is 5.32 Å². The number of carbonyl (C=O) groups is 2. The zero-order valence-corrected chi connectivity index (χ0v) is 14.0. The summed E-state index contributed by atoms with van der Waals surface area (Å²) in [6.07, 6.45) is 0.637. The lowest BCUT2D eigenvalue weighted by atomic mass is 10.0. The Morgan fingerprint density at radius 3 is 2.42 bits per heavy atom. The summed E-state index contributed by atoms with van der Waals surface area (Å²) in [6, 6.07) is 16.5. The standard InChI is InChI=1S/C20H22N2O2/c1-14(2)12-18(19(23)21-16-9-4-3-5-10-16)22-13-15-8-6-7-11-17(15)20(22)24/h3-11,14,18H,12-13H2,1-2H3,(H,21,23)/t18-/m0/s1. The Hall–Kier alpha value is -2.62. The van der Waals surface area contributed by atoms with Gasteiger partial charge in [-0.3, -0.25) is 9.59 Å². The molecule has 0 fully saturated rings. The van der Waals surface area contributed by atoms with E-state index in [0.29, 0.717) is 24.4 Å². The maximum atomic E-state index is 12.8. The Kier molecular flexibility index (Phi) is 4.65. The highest BCUT2D eigenvalue weighted by molar-refractivity contribution is 6.03. The highest BCUT2D eigenvalue weighted by Gasteiger charge is 2.36. The van der Waals surface area contributed by atoms with Crippen LogP contribution >= 0.6 is 0 Å². The number of nitrogens with zero attached hydrogens (tertiary/aromatic N) is 1. The van der Waals surface area contributed by atoms with Crippen molar-refractivity contribution in [1.29, 1.82) is 0 Å². The Balaban J connectivity index is 1.82. The van der Waals surface area contributed by atoms with Crippen LogP contribution in [0.25, 0.3) is 0 Å². The van der Waals surface area contributed by atoms with E-state index in [1.54, 1.807) is 4.90 Å². The molecule has 1 N–H and O–H groups in total. The molecule has 0 saturated heterocycles. The molecule has 2 aromatic rings. The smallest absolute Gasteiger partial charge is 0.255 e. The van der Waals surface area contributed by atoms with Crippen molar-refractivity contribution < 1.29 is 9.59 Å². The van der Waals surface area contributed by atoms with Crippen LogP contribution in [0.1, 0.15) is 36.2 Å². The summed E-state index contributed by atoms with van der Waals surface area (Å²) in [4.78, 5) is 27.2. The van der Waals surface area contributed by atoms with Gasteiger partial charge in [-0.25, -0.2) is 0 Å². The highest BCUT2D eigenvalue weighted by atomic mass is 16.2. The van der Waals surface area contributed by atoms with E-state index in [2.05, 4.69) is 19.2 Å². The SMILES string of the molecule is CC(C)C[C@@H](C(=O)Nc1ccccc1)N1Cc2ccccc2C1=O. The van der Waals surface area contributed by atoms with Crippen molar-refractivity contribution in [3.63, 3.8) is 0 Å². The number of carbonyl (C=O) groups excluding carboxylic acids is 2. The van der Waals surface area contributed by atoms with E-state index in [9.17, 15) is 9.59 Å². The van der Waals surface area contributed by atoms with Crippen LogP contribution in [0.5, 0.6) is 0 Å². The van der Waals surface area contributed by atoms with Gasteiger partial charge in [0.2, 0.25) is 5.91 Å². The van der Waals surface area contributed by atoms with Crippen LogP contribution in [-0.2, 0) is 11.3 Å². The van der Waals surface area contributed by atoms with Crippen molar-refractivity contribution in [2.45, 2.75) is 32.9 Å². The van der Waals surface area contributed by atoms with E-state index in [0.717, 1.165) is 11.3 Å². The van der Waals surface area contributed by atoms with Gasteiger partial charge < -0.3 is 10.2 Å². The fraction of sp³-hybridized carbons (Fsp3) is 0.300. The molecule has 1 heterocycles. The van der Waals surface area contributed by atoms with Gasteiger partial charge in [0, 0.05) is 17.8 Å². The maximum Gasteiger partial charge on any atom is 0.255 e. The summed E-state index contributed by atoms with van der Waals surface area (Å²) in [5.41, 5.74) is 2.45. The molecule has 0 bridgehead atoms. The number of anilines is 1. The summed E-state index contributed by atoms with van der Waals surface area (Å²) in [5.74, 6) is 0.128. The molecule has 0 unspecified atom stereocenters. The number of hydrogen-bond acceptors (Lipinski definition) is 2. The van der Waals surface area contributed by atoms with Gasteiger partial charge in [0.1, 0.15) is 6.04 Å². The molecule has 1 aliphatic rings. The van der Waals surface area contributed by atoms with Crippen molar-refractivity contribution in [3.05, 3.63) is 65.7 Å². The quantitative estimate of drug-likeness (QED) is 0.912. The zero-order valence-electron chi connectivity index (χ0n) is 14.0. The van der Waals surface area contributed by atoms with Crippen LogP contribution in [0.15, 0.2) is 54.6 Å². The Labute approximate surface area is 142 Å². The lowest BCUT2D eigenvalue weighted by Gasteiger charge is -2.28. The van der Waals surface area contributed by atoms with Gasteiger partial charge in [0.05, 0.1) is 0 Å². The van der Waals surface area contributed by atoms with Crippen molar-refractivity contribution in [2.75, 3.05) is 5.32 Å². The Bertz CT molecular complexity index is 740. The molecule has 124 valence electrons. The average Bonchev–Trinajstić information content (AvgIpc) is 2.90. The van der Waals surface area contributed by atoms with E-state index >= 15 is 0 Å². The predicted octanol–water partition coefficient (Wildman–Crippen LogP) is 3.70. The molecule has 24 heavy (non-hydrogen) atoms. The molecule has 1 aliphatic heterocycles. The van der Waals surface area contributed by atoms with Crippen molar-refractivity contribution in [3.8, 4) is 0 Å². The molecule has 0 saturated carbocycles. The van der Waals surface area contributed by atoms with E-state index in [1.165, 1.54) is 0 Å². The summed E-state index contributed by atoms with van der Waals surface area (Å²) in [6.45, 7) is 4.63. The number of amides is 2. The Morgan fingerprint density at radius 1 is 1.08 bits per heavy atom. The topological polar surface area (TPSA) is 49.4 Å². The number of benzene rings is 2. The van der Waals surface area contributed by atoms with Gasteiger partial charge in [-0.1, -0.05) is 50.2 Å². The lowest BCUT2D eigenvalue weighted by Crippen LogP contribution is -2.45. The fourth-order valence-electron chi connectivity index (χ4n) is 3.10. The average molecular weight is 322 g/mol. The molecule has 0 aromatic heterocycles. The minimum absolute atomic E-state index is 0.0561. The first-order chi connectivity index (χ1) is 11.6. The molecular formula is C20H22N2O2. The van der Waals surface area contributed by atoms with Crippen LogP contribution in [-0.4, -0.2) is 22.8 Å². The second-order valence-corrected chi connectivity index (χ2v) is 6.59. The minimum atomic E-state index is -0.467. The van der Waals surface area contributed by atoms with E-state index in [-0.39, 0.29) is 11.8 Å². The maximum absolute atomic E-state index is 12.8. The van der Waals surface area contributed by atoms with Gasteiger partial charge in [0.15, 0.2) is 0 Å². The van der Waals surface area contributed by atoms with Gasteiger partial charge in [-0.2, -0.15) is 0 Å². The van der Waals surface area contributed by atoms with Crippen molar-refractivity contribution in [1.82, 2.24) is 4.90 Å². The van der Waals surface area contributed by atoms with Crippen LogP contribution in [0.2, 0.25) is 0 Å². The second-order valence-electron chi connectivity index (χ2n) is 6.59. The first-order valence-electron chi connectivity index (χ1n) is 8.31. The first kappa shape index (κ1) is 16.2. The molecule has 0 spiro atoms. The molecule has 1 atom stereocenters. The summed E-state index contributed by atoms with van der Waals surface area (Å²) in [7, 11) is 0. The third-order valence-electron chi connectivity index (χ3n) is 4.26. The number of fused-ring (bicyclic) bond motifs is 1. The largest absolute Gasteiger partial charge is 0.324 e. The van der Waals surface area contributed by atoms with Gasteiger partial charge in [-0.05, 0) is 36.1 Å². The molecular weight excluding hydrogens is 300 g/mol. The van der Waals surface area contributed by atoms with Crippen molar-refractivity contribution >= 4 is 17.5 Å². The van der Waals surface area contributed by atoms with Gasteiger partial charge >= 0.3 is 0 Å². The van der Waals surface area contributed by atoms with Crippen molar-refractivity contribution in [2.24, 2.45) is 5.92 Å². The van der Waals surface area contributed by atoms with Gasteiger partial charge in [-0.15, -0.1) is 0 Å². The normalized spacial score (nSPS) is 14.6. The van der Waals surface area contributed by atoms with E-state index < -0.39 is 6.04 Å². The monoisotopic (exact) mass is 322 g/mol. The molecule has 4 heteroatoms. The lowest BCUT2D eigenvalue weighted by molar-refractivity contribution is -0.121. The van der Waals surface area contributed by atoms with Gasteiger partial charge in [0.25, 0.3) is 5.91 Å².